The molecule has 6 heteroatoms. The second kappa shape index (κ2) is 10.8. The molecule has 0 bridgehead atoms. The first-order chi connectivity index (χ1) is 15.2. The van der Waals surface area contributed by atoms with Gasteiger partial charge in [-0.15, -0.1) is 11.8 Å². The van der Waals surface area contributed by atoms with Gasteiger partial charge in [-0.3, -0.25) is 9.59 Å². The van der Waals surface area contributed by atoms with E-state index in [9.17, 15) is 9.59 Å². The van der Waals surface area contributed by atoms with E-state index in [1.54, 1.807) is 11.8 Å². The van der Waals surface area contributed by atoms with Crippen molar-refractivity contribution >= 4 is 23.6 Å². The number of amides is 2. The molecule has 2 aliphatic rings. The van der Waals surface area contributed by atoms with E-state index in [1.807, 2.05) is 53.4 Å². The fourth-order valence-electron chi connectivity index (χ4n) is 4.06. The minimum Gasteiger partial charge on any atom is -0.377 e. The summed E-state index contributed by atoms with van der Waals surface area (Å²) in [5.41, 5.74) is 2.39. The maximum absolute atomic E-state index is 12.8. The fourth-order valence-corrected chi connectivity index (χ4v) is 5.18. The number of nitrogens with zero attached hydrogens (tertiary/aromatic N) is 1. The zero-order valence-corrected chi connectivity index (χ0v) is 18.7. The number of nitrogens with one attached hydrogen (secondary N) is 1. The Morgan fingerprint density at radius 3 is 2.52 bits per heavy atom. The molecule has 2 aliphatic heterocycles. The van der Waals surface area contributed by atoms with E-state index in [0.717, 1.165) is 61.6 Å². The van der Waals surface area contributed by atoms with E-state index in [0.29, 0.717) is 17.7 Å². The summed E-state index contributed by atoms with van der Waals surface area (Å²) in [6, 6.07) is 15.3. The molecule has 0 radical (unpaired) electrons. The van der Waals surface area contributed by atoms with Gasteiger partial charge in [-0.25, -0.2) is 0 Å². The van der Waals surface area contributed by atoms with Crippen molar-refractivity contribution in [3.8, 4) is 0 Å². The first kappa shape index (κ1) is 21.9. The summed E-state index contributed by atoms with van der Waals surface area (Å²) in [6.07, 6.45) is 5.88. The summed E-state index contributed by atoms with van der Waals surface area (Å²) in [4.78, 5) is 28.3. The lowest BCUT2D eigenvalue weighted by atomic mass is 10.1. The van der Waals surface area contributed by atoms with Crippen LogP contribution in [0.15, 0.2) is 53.4 Å². The van der Waals surface area contributed by atoms with Crippen LogP contribution in [0.1, 0.15) is 58.4 Å². The van der Waals surface area contributed by atoms with Crippen LogP contribution in [0.3, 0.4) is 0 Å². The summed E-state index contributed by atoms with van der Waals surface area (Å²) in [7, 11) is 0. The van der Waals surface area contributed by atoms with E-state index in [-0.39, 0.29) is 17.9 Å². The van der Waals surface area contributed by atoms with Gasteiger partial charge in [0.15, 0.2) is 0 Å². The van der Waals surface area contributed by atoms with E-state index in [2.05, 4.69) is 5.32 Å². The molecule has 0 aliphatic carbocycles. The Balaban J connectivity index is 1.32. The van der Waals surface area contributed by atoms with Crippen LogP contribution < -0.4 is 5.32 Å². The lowest BCUT2D eigenvalue weighted by Crippen LogP contribution is -2.35. The Kier molecular flexibility index (Phi) is 7.65. The van der Waals surface area contributed by atoms with Crippen LogP contribution >= 0.6 is 11.8 Å². The lowest BCUT2D eigenvalue weighted by molar-refractivity contribution is 0.0724. The van der Waals surface area contributed by atoms with Crippen molar-refractivity contribution in [1.29, 1.82) is 0 Å². The summed E-state index contributed by atoms with van der Waals surface area (Å²) in [6.45, 7) is 2.97. The minimum atomic E-state index is -0.0797. The molecule has 2 amide bonds. The smallest absolute Gasteiger partial charge is 0.253 e. The van der Waals surface area contributed by atoms with Crippen LogP contribution in [0.4, 0.5) is 0 Å². The number of hydrogen-bond acceptors (Lipinski definition) is 4. The van der Waals surface area contributed by atoms with Crippen LogP contribution in [-0.4, -0.2) is 48.3 Å². The molecule has 0 saturated carbocycles. The summed E-state index contributed by atoms with van der Waals surface area (Å²) in [5.74, 6) is 0.896. The highest BCUT2D eigenvalue weighted by Gasteiger charge is 2.19. The molecule has 164 valence electrons. The lowest BCUT2D eigenvalue weighted by Gasteiger charge is -2.26. The molecule has 5 nitrogen and oxygen atoms in total. The maximum atomic E-state index is 12.8. The van der Waals surface area contributed by atoms with Gasteiger partial charge in [-0.1, -0.05) is 24.3 Å². The van der Waals surface area contributed by atoms with Crippen molar-refractivity contribution in [2.24, 2.45) is 0 Å². The van der Waals surface area contributed by atoms with Gasteiger partial charge in [0.2, 0.25) is 0 Å². The van der Waals surface area contributed by atoms with Gasteiger partial charge in [-0.05, 0) is 61.9 Å². The molecule has 31 heavy (non-hydrogen) atoms. The average molecular weight is 439 g/mol. The molecule has 2 heterocycles. The SMILES string of the molecule is O=C(NCc1ccc(C(=O)N2CCCCC2)cc1)c1ccccc1SC[C@H]1CCCO1. The topological polar surface area (TPSA) is 58.6 Å². The number of likely N-dealkylation sites (tertiary alicyclic amines) is 1. The van der Waals surface area contributed by atoms with Crippen LogP contribution in [-0.2, 0) is 11.3 Å². The number of carbonyl (C=O) groups excluding carboxylic acids is 2. The van der Waals surface area contributed by atoms with Crippen molar-refractivity contribution < 1.29 is 14.3 Å². The number of piperidine rings is 1. The third kappa shape index (κ3) is 5.89. The van der Waals surface area contributed by atoms with Gasteiger partial charge in [0.25, 0.3) is 11.8 Å². The van der Waals surface area contributed by atoms with Gasteiger partial charge in [0.05, 0.1) is 11.7 Å². The van der Waals surface area contributed by atoms with E-state index < -0.39 is 0 Å². The van der Waals surface area contributed by atoms with Gasteiger partial charge >= 0.3 is 0 Å². The molecular weight excluding hydrogens is 408 g/mol. The number of rotatable bonds is 7. The molecule has 2 saturated heterocycles. The van der Waals surface area contributed by atoms with Crippen molar-refractivity contribution in [2.75, 3.05) is 25.4 Å². The molecule has 1 N–H and O–H groups in total. The van der Waals surface area contributed by atoms with Crippen molar-refractivity contribution in [2.45, 2.75) is 49.6 Å². The molecule has 2 aromatic rings. The minimum absolute atomic E-state index is 0.0797. The Hall–Kier alpha value is -2.31. The van der Waals surface area contributed by atoms with Gasteiger partial charge in [0.1, 0.15) is 0 Å². The Morgan fingerprint density at radius 2 is 1.77 bits per heavy atom. The maximum Gasteiger partial charge on any atom is 0.253 e. The van der Waals surface area contributed by atoms with E-state index in [4.69, 9.17) is 4.74 Å². The number of benzene rings is 2. The summed E-state index contributed by atoms with van der Waals surface area (Å²) >= 11 is 1.68. The Bertz CT molecular complexity index is 888. The zero-order valence-electron chi connectivity index (χ0n) is 17.8. The first-order valence-electron chi connectivity index (χ1n) is 11.2. The number of hydrogen-bond donors (Lipinski definition) is 1. The third-order valence-electron chi connectivity index (χ3n) is 5.88. The summed E-state index contributed by atoms with van der Waals surface area (Å²) < 4.78 is 5.70. The molecule has 1 atom stereocenters. The van der Waals surface area contributed by atoms with Crippen molar-refractivity contribution in [3.63, 3.8) is 0 Å². The van der Waals surface area contributed by atoms with Gasteiger partial charge in [-0.2, -0.15) is 0 Å². The number of thioether (sulfide) groups is 1. The standard InChI is InChI=1S/C25H30N2O3S/c28-24(22-8-2-3-9-23(22)31-18-21-7-6-16-30-21)26-17-19-10-12-20(13-11-19)25(29)27-14-4-1-5-15-27/h2-3,8-13,21H,1,4-7,14-18H2,(H,26,28)/t21-/m1/s1. The average Bonchev–Trinajstić information content (AvgIpc) is 3.35. The quantitative estimate of drug-likeness (QED) is 0.646. The van der Waals surface area contributed by atoms with E-state index >= 15 is 0 Å². The molecular formula is C25H30N2O3S. The predicted octanol–water partition coefficient (Wildman–Crippen LogP) is 4.51. The Labute approximate surface area is 188 Å². The van der Waals surface area contributed by atoms with Crippen LogP contribution in [0.2, 0.25) is 0 Å². The first-order valence-corrected chi connectivity index (χ1v) is 12.2. The zero-order chi connectivity index (χ0) is 21.5. The van der Waals surface area contributed by atoms with Crippen molar-refractivity contribution in [1.82, 2.24) is 10.2 Å². The van der Waals surface area contributed by atoms with Crippen LogP contribution in [0.5, 0.6) is 0 Å². The molecule has 0 unspecified atom stereocenters. The fraction of sp³-hybridized carbons (Fsp3) is 0.440. The largest absolute Gasteiger partial charge is 0.377 e. The Morgan fingerprint density at radius 1 is 1.00 bits per heavy atom. The molecule has 2 fully saturated rings. The third-order valence-corrected chi connectivity index (χ3v) is 7.08. The predicted molar refractivity (Wildman–Crippen MR) is 124 cm³/mol. The summed E-state index contributed by atoms with van der Waals surface area (Å²) in [5, 5.41) is 3.02. The number of carbonyl (C=O) groups is 2. The highest BCUT2D eigenvalue weighted by atomic mass is 32.2. The van der Waals surface area contributed by atoms with Crippen LogP contribution in [0.25, 0.3) is 0 Å². The second-order valence-electron chi connectivity index (χ2n) is 8.17. The van der Waals surface area contributed by atoms with Crippen LogP contribution in [0, 0.1) is 0 Å². The molecule has 0 aromatic heterocycles. The molecule has 4 rings (SSSR count). The molecule has 0 spiro atoms. The normalized spacial score (nSPS) is 18.7. The highest BCUT2D eigenvalue weighted by molar-refractivity contribution is 7.99. The van der Waals surface area contributed by atoms with Crippen molar-refractivity contribution in [3.05, 3.63) is 65.2 Å². The monoisotopic (exact) mass is 438 g/mol. The second-order valence-corrected chi connectivity index (χ2v) is 9.24. The van der Waals surface area contributed by atoms with Gasteiger partial charge < -0.3 is 15.0 Å². The molecule has 2 aromatic carbocycles. The number of ether oxygens (including phenoxy) is 1. The highest BCUT2D eigenvalue weighted by Crippen LogP contribution is 2.27. The van der Waals surface area contributed by atoms with Gasteiger partial charge in [0, 0.05) is 42.5 Å². The van der Waals surface area contributed by atoms with E-state index in [1.165, 1.54) is 6.42 Å².